The van der Waals surface area contributed by atoms with Gasteiger partial charge in [-0.3, -0.25) is 4.79 Å². The third kappa shape index (κ3) is 3.46. The van der Waals surface area contributed by atoms with Crippen LogP contribution in [0.2, 0.25) is 0 Å². The number of carboxylic acid groups (broad SMARTS) is 1. The number of carboxylic acids is 1. The maximum absolute atomic E-state index is 12.0. The number of hydrogen-bond donors (Lipinski definition) is 0. The van der Waals surface area contributed by atoms with Gasteiger partial charge in [-0.1, -0.05) is 12.1 Å². The molecule has 0 saturated heterocycles. The van der Waals surface area contributed by atoms with Crippen molar-refractivity contribution in [2.75, 3.05) is 6.61 Å². The van der Waals surface area contributed by atoms with Crippen LogP contribution in [0.25, 0.3) is 0 Å². The van der Waals surface area contributed by atoms with Crippen molar-refractivity contribution < 1.29 is 19.4 Å². The summed E-state index contributed by atoms with van der Waals surface area (Å²) in [5.74, 6) is -1.03. The van der Waals surface area contributed by atoms with Crippen molar-refractivity contribution >= 4 is 23.1 Å². The lowest BCUT2D eigenvalue weighted by molar-refractivity contribution is -0.254. The number of rotatable bonds is 5. The number of Topliss-reactive ketones (excluding diaryl/α,β-unsaturated/α-hetero) is 1. The number of carbonyl (C=O) groups is 2. The average Bonchev–Trinajstić information content (AvgIpc) is 2.82. The molecule has 1 aromatic heterocycles. The fraction of sp³-hybridized carbons (Fsp3) is 0.267. The Kier molecular flexibility index (Phi) is 4.37. The first-order chi connectivity index (χ1) is 9.88. The third-order valence-electron chi connectivity index (χ3n) is 2.92. The number of thiazole rings is 1. The van der Waals surface area contributed by atoms with E-state index in [1.54, 1.807) is 0 Å². The van der Waals surface area contributed by atoms with Crippen LogP contribution in [-0.2, 0) is 0 Å². The van der Waals surface area contributed by atoms with Crippen LogP contribution in [0.4, 0.5) is 0 Å². The summed E-state index contributed by atoms with van der Waals surface area (Å²) in [7, 11) is 0. The van der Waals surface area contributed by atoms with Crippen LogP contribution in [0.3, 0.4) is 0 Å². The second-order valence-corrected chi connectivity index (χ2v) is 5.70. The van der Waals surface area contributed by atoms with E-state index in [0.29, 0.717) is 5.75 Å². The molecule has 0 radical (unpaired) electrons. The predicted molar refractivity (Wildman–Crippen MR) is 76.9 cm³/mol. The smallest absolute Gasteiger partial charge is 0.228 e. The van der Waals surface area contributed by atoms with E-state index < -0.39 is 5.97 Å². The summed E-state index contributed by atoms with van der Waals surface area (Å²) >= 11 is 0.816. The average molecular weight is 304 g/mol. The second kappa shape index (κ2) is 6.05. The zero-order valence-electron chi connectivity index (χ0n) is 11.9. The quantitative estimate of drug-likeness (QED) is 0.785. The summed E-state index contributed by atoms with van der Waals surface area (Å²) < 4.78 is 5.50. The van der Waals surface area contributed by atoms with Gasteiger partial charge in [0.2, 0.25) is 5.78 Å². The van der Waals surface area contributed by atoms with E-state index in [9.17, 15) is 14.7 Å². The third-order valence-corrected chi connectivity index (χ3v) is 4.10. The highest BCUT2D eigenvalue weighted by molar-refractivity contribution is 7.15. The molecule has 2 rings (SSSR count). The SMILES string of the molecule is Cc1ccc(C)c(OCC(=O)c2nc(C)c(C(=O)[O-])s2)c1. The van der Waals surface area contributed by atoms with E-state index >= 15 is 0 Å². The Morgan fingerprint density at radius 1 is 1.29 bits per heavy atom. The van der Waals surface area contributed by atoms with Gasteiger partial charge in [0.1, 0.15) is 5.75 Å². The zero-order chi connectivity index (χ0) is 15.6. The fourth-order valence-electron chi connectivity index (χ4n) is 1.77. The molecule has 0 atom stereocenters. The van der Waals surface area contributed by atoms with Gasteiger partial charge in [-0.05, 0) is 38.0 Å². The minimum absolute atomic E-state index is 0.0231. The number of carbonyl (C=O) groups excluding carboxylic acids is 2. The van der Waals surface area contributed by atoms with E-state index in [-0.39, 0.29) is 28.0 Å². The lowest BCUT2D eigenvalue weighted by atomic mass is 10.1. The van der Waals surface area contributed by atoms with Crippen molar-refractivity contribution in [3.63, 3.8) is 0 Å². The van der Waals surface area contributed by atoms with Crippen molar-refractivity contribution in [1.82, 2.24) is 4.98 Å². The Morgan fingerprint density at radius 2 is 2.00 bits per heavy atom. The van der Waals surface area contributed by atoms with E-state index in [1.165, 1.54) is 6.92 Å². The number of aromatic nitrogens is 1. The molecule has 0 aliphatic carbocycles. The predicted octanol–water partition coefficient (Wildman–Crippen LogP) is 1.69. The number of ether oxygens (including phenoxy) is 1. The van der Waals surface area contributed by atoms with Gasteiger partial charge in [0.25, 0.3) is 0 Å². The van der Waals surface area contributed by atoms with Gasteiger partial charge >= 0.3 is 0 Å². The highest BCUT2D eigenvalue weighted by Gasteiger charge is 2.16. The van der Waals surface area contributed by atoms with Crippen LogP contribution in [0.1, 0.15) is 36.3 Å². The number of aromatic carboxylic acids is 1. The largest absolute Gasteiger partial charge is 0.544 e. The van der Waals surface area contributed by atoms with Gasteiger partial charge in [0.15, 0.2) is 11.6 Å². The number of nitrogens with zero attached hydrogens (tertiary/aromatic N) is 1. The molecule has 5 nitrogen and oxygen atoms in total. The Labute approximate surface area is 126 Å². The van der Waals surface area contributed by atoms with E-state index in [4.69, 9.17) is 4.74 Å². The molecule has 0 spiro atoms. The molecular weight excluding hydrogens is 290 g/mol. The molecule has 21 heavy (non-hydrogen) atoms. The second-order valence-electron chi connectivity index (χ2n) is 4.70. The summed E-state index contributed by atoms with van der Waals surface area (Å²) in [6, 6.07) is 5.72. The summed E-state index contributed by atoms with van der Waals surface area (Å²) in [5, 5.41) is 11.0. The molecule has 0 N–H and O–H groups in total. The maximum Gasteiger partial charge on any atom is 0.228 e. The van der Waals surface area contributed by atoms with Crippen LogP contribution in [0.15, 0.2) is 18.2 Å². The Hall–Kier alpha value is -2.21. The van der Waals surface area contributed by atoms with Crippen molar-refractivity contribution in [2.24, 2.45) is 0 Å². The van der Waals surface area contributed by atoms with Gasteiger partial charge in [-0.2, -0.15) is 0 Å². The van der Waals surface area contributed by atoms with E-state index in [2.05, 4.69) is 4.98 Å². The van der Waals surface area contributed by atoms with Crippen molar-refractivity contribution in [3.8, 4) is 5.75 Å². The molecular formula is C15H14NO4S-. The van der Waals surface area contributed by atoms with Crippen molar-refractivity contribution in [1.29, 1.82) is 0 Å². The number of aryl methyl sites for hydroxylation is 3. The number of ketones is 1. The molecule has 0 aliphatic heterocycles. The van der Waals surface area contributed by atoms with Crippen molar-refractivity contribution in [2.45, 2.75) is 20.8 Å². The Balaban J connectivity index is 2.10. The first-order valence-electron chi connectivity index (χ1n) is 6.30. The summed E-state index contributed by atoms with van der Waals surface area (Å²) in [6.07, 6.45) is 0. The van der Waals surface area contributed by atoms with E-state index in [0.717, 1.165) is 22.5 Å². The van der Waals surface area contributed by atoms with Gasteiger partial charge < -0.3 is 14.6 Å². The molecule has 2 aromatic rings. The molecule has 110 valence electrons. The van der Waals surface area contributed by atoms with Gasteiger partial charge in [-0.15, -0.1) is 11.3 Å². The Bertz CT molecular complexity index is 706. The number of benzene rings is 1. The van der Waals surface area contributed by atoms with Crippen LogP contribution in [0, 0.1) is 20.8 Å². The first-order valence-corrected chi connectivity index (χ1v) is 7.12. The molecule has 0 bridgehead atoms. The highest BCUT2D eigenvalue weighted by Crippen LogP contribution is 2.21. The van der Waals surface area contributed by atoms with Crippen LogP contribution in [-0.4, -0.2) is 23.3 Å². The molecule has 0 amide bonds. The minimum atomic E-state index is -1.32. The minimum Gasteiger partial charge on any atom is -0.544 e. The first kappa shape index (κ1) is 15.2. The fourth-order valence-corrected chi connectivity index (χ4v) is 2.60. The van der Waals surface area contributed by atoms with Crippen LogP contribution >= 0.6 is 11.3 Å². The van der Waals surface area contributed by atoms with E-state index in [1.807, 2.05) is 32.0 Å². The van der Waals surface area contributed by atoms with Gasteiger partial charge in [0, 0.05) is 0 Å². The molecule has 0 saturated carbocycles. The normalized spacial score (nSPS) is 10.4. The van der Waals surface area contributed by atoms with Crippen LogP contribution < -0.4 is 9.84 Å². The van der Waals surface area contributed by atoms with Crippen LogP contribution in [0.5, 0.6) is 5.75 Å². The molecule has 0 fully saturated rings. The summed E-state index contributed by atoms with van der Waals surface area (Å²) in [5.41, 5.74) is 2.25. The summed E-state index contributed by atoms with van der Waals surface area (Å²) in [6.45, 7) is 5.18. The highest BCUT2D eigenvalue weighted by atomic mass is 32.1. The topological polar surface area (TPSA) is 79.3 Å². The lowest BCUT2D eigenvalue weighted by Crippen LogP contribution is -2.21. The lowest BCUT2D eigenvalue weighted by Gasteiger charge is -2.08. The van der Waals surface area contributed by atoms with Gasteiger partial charge in [0.05, 0.1) is 16.5 Å². The molecule has 1 aromatic carbocycles. The van der Waals surface area contributed by atoms with Crippen molar-refractivity contribution in [3.05, 3.63) is 44.9 Å². The molecule has 6 heteroatoms. The molecule has 0 aliphatic rings. The zero-order valence-corrected chi connectivity index (χ0v) is 12.7. The molecule has 0 unspecified atom stereocenters. The van der Waals surface area contributed by atoms with Gasteiger partial charge in [-0.25, -0.2) is 4.98 Å². The maximum atomic E-state index is 12.0. The molecule has 1 heterocycles. The number of hydrogen-bond acceptors (Lipinski definition) is 6. The summed E-state index contributed by atoms with van der Waals surface area (Å²) in [4.78, 5) is 26.8. The monoisotopic (exact) mass is 304 g/mol. The standard InChI is InChI=1S/C15H15NO4S/c1-8-4-5-9(2)12(6-8)20-7-11(17)14-16-10(3)13(21-14)15(18)19/h4-6H,7H2,1-3H3,(H,18,19)/p-1. The Morgan fingerprint density at radius 3 is 2.62 bits per heavy atom.